The number of benzene rings is 1. The highest BCUT2D eigenvalue weighted by Gasteiger charge is 2.19. The van der Waals surface area contributed by atoms with Crippen molar-refractivity contribution >= 4 is 27.3 Å². The van der Waals surface area contributed by atoms with Gasteiger partial charge in [-0.05, 0) is 55.4 Å². The van der Waals surface area contributed by atoms with Gasteiger partial charge in [-0.25, -0.2) is 0 Å². The SMILES string of the molecule is Cc1ccccc1CC(Br)c1cc2c(s1)CCC2. The molecule has 1 heterocycles. The quantitative estimate of drug-likeness (QED) is 0.680. The fourth-order valence-corrected chi connectivity index (χ4v) is 4.64. The van der Waals surface area contributed by atoms with E-state index in [1.807, 2.05) is 11.3 Å². The summed E-state index contributed by atoms with van der Waals surface area (Å²) < 4.78 is 0. The number of halogens is 1. The van der Waals surface area contributed by atoms with Crippen LogP contribution in [0.4, 0.5) is 0 Å². The number of fused-ring (bicyclic) bond motifs is 1. The number of thiophene rings is 1. The first-order valence-electron chi connectivity index (χ1n) is 6.54. The zero-order valence-electron chi connectivity index (χ0n) is 10.6. The lowest BCUT2D eigenvalue weighted by Gasteiger charge is -2.10. The third-order valence-electron chi connectivity index (χ3n) is 3.73. The predicted molar refractivity (Wildman–Crippen MR) is 82.9 cm³/mol. The molecule has 0 radical (unpaired) electrons. The molecule has 1 aliphatic rings. The first-order chi connectivity index (χ1) is 8.74. The molecule has 2 heteroatoms. The molecule has 3 rings (SSSR count). The first kappa shape index (κ1) is 12.4. The lowest BCUT2D eigenvalue weighted by Crippen LogP contribution is -1.95. The lowest BCUT2D eigenvalue weighted by molar-refractivity contribution is 0.908. The number of alkyl halides is 1. The molecule has 18 heavy (non-hydrogen) atoms. The second kappa shape index (κ2) is 5.18. The fraction of sp³-hybridized carbons (Fsp3) is 0.375. The number of hydrogen-bond acceptors (Lipinski definition) is 1. The summed E-state index contributed by atoms with van der Waals surface area (Å²) in [6.07, 6.45) is 5.03. The number of aryl methyl sites for hydroxylation is 3. The Bertz CT molecular complexity index is 534. The van der Waals surface area contributed by atoms with Crippen LogP contribution in [0, 0.1) is 6.92 Å². The maximum atomic E-state index is 3.87. The summed E-state index contributed by atoms with van der Waals surface area (Å²) >= 11 is 5.88. The van der Waals surface area contributed by atoms with E-state index in [1.165, 1.54) is 35.3 Å². The van der Waals surface area contributed by atoms with E-state index in [0.717, 1.165) is 6.42 Å². The Morgan fingerprint density at radius 1 is 1.28 bits per heavy atom. The number of hydrogen-bond donors (Lipinski definition) is 0. The highest BCUT2D eigenvalue weighted by molar-refractivity contribution is 9.09. The molecule has 1 aliphatic carbocycles. The smallest absolute Gasteiger partial charge is 0.0529 e. The predicted octanol–water partition coefficient (Wildman–Crippen LogP) is 5.22. The topological polar surface area (TPSA) is 0 Å². The molecule has 0 bridgehead atoms. The standard InChI is InChI=1S/C16H17BrS/c1-11-5-2-3-6-12(11)9-14(17)16-10-13-7-4-8-15(13)18-16/h2-3,5-6,10,14H,4,7-9H2,1H3. The van der Waals surface area contributed by atoms with Gasteiger partial charge in [-0.3, -0.25) is 0 Å². The Morgan fingerprint density at radius 3 is 2.89 bits per heavy atom. The Kier molecular flexibility index (Phi) is 3.58. The van der Waals surface area contributed by atoms with Gasteiger partial charge in [0.15, 0.2) is 0 Å². The van der Waals surface area contributed by atoms with Crippen LogP contribution in [-0.4, -0.2) is 0 Å². The average molecular weight is 321 g/mol. The molecular weight excluding hydrogens is 304 g/mol. The van der Waals surface area contributed by atoms with E-state index in [1.54, 1.807) is 10.4 Å². The summed E-state index contributed by atoms with van der Waals surface area (Å²) in [5, 5.41) is 0. The van der Waals surface area contributed by atoms with E-state index in [0.29, 0.717) is 4.83 Å². The highest BCUT2D eigenvalue weighted by Crippen LogP contribution is 2.38. The van der Waals surface area contributed by atoms with Gasteiger partial charge < -0.3 is 0 Å². The fourth-order valence-electron chi connectivity index (χ4n) is 2.64. The van der Waals surface area contributed by atoms with Crippen LogP contribution in [0.5, 0.6) is 0 Å². The molecule has 1 unspecified atom stereocenters. The van der Waals surface area contributed by atoms with E-state index in [-0.39, 0.29) is 0 Å². The molecule has 0 amide bonds. The Hall–Kier alpha value is -0.600. The van der Waals surface area contributed by atoms with Gasteiger partial charge in [-0.15, -0.1) is 11.3 Å². The highest BCUT2D eigenvalue weighted by atomic mass is 79.9. The van der Waals surface area contributed by atoms with Crippen LogP contribution in [0.1, 0.15) is 37.7 Å². The second-order valence-electron chi connectivity index (χ2n) is 5.05. The Labute approximate surface area is 121 Å². The summed E-state index contributed by atoms with van der Waals surface area (Å²) in [6, 6.07) is 11.1. The minimum atomic E-state index is 0.467. The summed E-state index contributed by atoms with van der Waals surface area (Å²) in [6.45, 7) is 2.20. The Balaban J connectivity index is 1.78. The molecule has 1 aromatic heterocycles. The van der Waals surface area contributed by atoms with E-state index in [9.17, 15) is 0 Å². The molecule has 0 spiro atoms. The van der Waals surface area contributed by atoms with Gasteiger partial charge in [0, 0.05) is 9.75 Å². The number of rotatable bonds is 3. The largest absolute Gasteiger partial charge is 0.144 e. The van der Waals surface area contributed by atoms with Crippen LogP contribution in [-0.2, 0) is 19.3 Å². The van der Waals surface area contributed by atoms with Crippen molar-refractivity contribution in [2.24, 2.45) is 0 Å². The lowest BCUT2D eigenvalue weighted by atomic mass is 10.0. The van der Waals surface area contributed by atoms with Crippen LogP contribution in [0.25, 0.3) is 0 Å². The van der Waals surface area contributed by atoms with E-state index in [4.69, 9.17) is 0 Å². The molecule has 0 fully saturated rings. The monoisotopic (exact) mass is 320 g/mol. The van der Waals surface area contributed by atoms with E-state index in [2.05, 4.69) is 53.2 Å². The molecule has 0 saturated heterocycles. The van der Waals surface area contributed by atoms with Crippen LogP contribution >= 0.6 is 27.3 Å². The molecule has 0 N–H and O–H groups in total. The zero-order chi connectivity index (χ0) is 12.5. The zero-order valence-corrected chi connectivity index (χ0v) is 13.0. The molecular formula is C16H17BrS. The van der Waals surface area contributed by atoms with Gasteiger partial charge in [0.2, 0.25) is 0 Å². The van der Waals surface area contributed by atoms with Crippen molar-refractivity contribution in [3.05, 3.63) is 56.8 Å². The maximum Gasteiger partial charge on any atom is 0.0529 e. The minimum absolute atomic E-state index is 0.467. The molecule has 2 aromatic rings. The molecule has 1 atom stereocenters. The van der Waals surface area contributed by atoms with E-state index >= 15 is 0 Å². The van der Waals surface area contributed by atoms with Crippen LogP contribution < -0.4 is 0 Å². The van der Waals surface area contributed by atoms with Gasteiger partial charge in [0.05, 0.1) is 4.83 Å². The van der Waals surface area contributed by atoms with Crippen molar-refractivity contribution in [1.29, 1.82) is 0 Å². The summed E-state index contributed by atoms with van der Waals surface area (Å²) in [5.74, 6) is 0. The third kappa shape index (κ3) is 2.41. The van der Waals surface area contributed by atoms with Crippen LogP contribution in [0.2, 0.25) is 0 Å². The molecule has 0 aliphatic heterocycles. The Morgan fingerprint density at radius 2 is 2.11 bits per heavy atom. The van der Waals surface area contributed by atoms with Crippen LogP contribution in [0.15, 0.2) is 30.3 Å². The van der Waals surface area contributed by atoms with Crippen molar-refractivity contribution in [2.75, 3.05) is 0 Å². The van der Waals surface area contributed by atoms with Crippen LogP contribution in [0.3, 0.4) is 0 Å². The van der Waals surface area contributed by atoms with Crippen molar-refractivity contribution in [3.63, 3.8) is 0 Å². The summed E-state index contributed by atoms with van der Waals surface area (Å²) in [7, 11) is 0. The van der Waals surface area contributed by atoms with Gasteiger partial charge in [-0.2, -0.15) is 0 Å². The van der Waals surface area contributed by atoms with Gasteiger partial charge >= 0.3 is 0 Å². The molecule has 94 valence electrons. The summed E-state index contributed by atoms with van der Waals surface area (Å²) in [4.78, 5) is 3.59. The molecule has 1 aromatic carbocycles. The summed E-state index contributed by atoms with van der Waals surface area (Å²) in [5.41, 5.74) is 4.45. The van der Waals surface area contributed by atoms with Gasteiger partial charge in [-0.1, -0.05) is 40.2 Å². The van der Waals surface area contributed by atoms with Gasteiger partial charge in [0.1, 0.15) is 0 Å². The third-order valence-corrected chi connectivity index (χ3v) is 6.21. The van der Waals surface area contributed by atoms with Crippen molar-refractivity contribution in [1.82, 2.24) is 0 Å². The first-order valence-corrected chi connectivity index (χ1v) is 8.27. The van der Waals surface area contributed by atoms with Crippen molar-refractivity contribution < 1.29 is 0 Å². The minimum Gasteiger partial charge on any atom is -0.144 e. The normalized spacial score (nSPS) is 15.7. The van der Waals surface area contributed by atoms with Crippen molar-refractivity contribution in [2.45, 2.75) is 37.4 Å². The van der Waals surface area contributed by atoms with Gasteiger partial charge in [0.25, 0.3) is 0 Å². The average Bonchev–Trinajstić information content (AvgIpc) is 2.92. The van der Waals surface area contributed by atoms with E-state index < -0.39 is 0 Å². The molecule has 0 nitrogen and oxygen atoms in total. The molecule has 0 saturated carbocycles. The second-order valence-corrected chi connectivity index (χ2v) is 7.32. The maximum absolute atomic E-state index is 3.87. The van der Waals surface area contributed by atoms with Crippen molar-refractivity contribution in [3.8, 4) is 0 Å².